The van der Waals surface area contributed by atoms with E-state index >= 15 is 0 Å². The fraction of sp³-hybridized carbons (Fsp3) is 0.222. The Morgan fingerprint density at radius 3 is 2.75 bits per heavy atom. The second-order valence-electron chi connectivity index (χ2n) is 6.07. The van der Waals surface area contributed by atoms with Crippen molar-refractivity contribution in [1.29, 1.82) is 5.41 Å². The fourth-order valence-corrected chi connectivity index (χ4v) is 5.22. The predicted molar refractivity (Wildman–Crippen MR) is 108 cm³/mol. The Kier molecular flexibility index (Phi) is 6.10. The molecule has 0 spiro atoms. The van der Waals surface area contributed by atoms with E-state index in [-0.39, 0.29) is 23.9 Å². The van der Waals surface area contributed by atoms with Gasteiger partial charge in [-0.25, -0.2) is 4.79 Å². The lowest BCUT2D eigenvalue weighted by Crippen LogP contribution is -2.70. The third kappa shape index (κ3) is 4.23. The monoisotopic (exact) mass is 418 g/mol. The van der Waals surface area contributed by atoms with Crippen molar-refractivity contribution >= 4 is 47.1 Å². The molecular weight excluding hydrogens is 400 g/mol. The second kappa shape index (κ2) is 8.53. The summed E-state index contributed by atoms with van der Waals surface area (Å²) in [5.41, 5.74) is 6.00. The van der Waals surface area contributed by atoms with Crippen molar-refractivity contribution in [2.24, 2.45) is 5.73 Å². The predicted octanol–water partition coefficient (Wildman–Crippen LogP) is 1.11. The lowest BCUT2D eigenvalue weighted by molar-refractivity contribution is -0.150. The number of amides is 2. The van der Waals surface area contributed by atoms with Gasteiger partial charge in [-0.3, -0.25) is 19.9 Å². The van der Waals surface area contributed by atoms with Crippen LogP contribution in [-0.4, -0.2) is 50.8 Å². The normalized spacial score (nSPS) is 21.3. The lowest BCUT2D eigenvalue weighted by Gasteiger charge is -2.49. The highest BCUT2D eigenvalue weighted by atomic mass is 32.2. The molecule has 28 heavy (non-hydrogen) atoms. The first kappa shape index (κ1) is 20.0. The van der Waals surface area contributed by atoms with E-state index in [9.17, 15) is 19.5 Å². The SMILES string of the molecule is N=C(N)/C=C/SC1=C(C(=O)O)N2C(=O)C(NC(=O)Cc3ccccc3)[C@H]2SC1. The molecular formula is C18H18N4O4S2. The number of β-lactam (4-membered cyclic amide) rings is 1. The van der Waals surface area contributed by atoms with Gasteiger partial charge in [-0.05, 0) is 17.0 Å². The van der Waals surface area contributed by atoms with Crippen LogP contribution >= 0.6 is 23.5 Å². The molecule has 2 amide bonds. The molecule has 2 aliphatic heterocycles. The van der Waals surface area contributed by atoms with Crippen molar-refractivity contribution in [2.45, 2.75) is 17.8 Å². The molecule has 1 unspecified atom stereocenters. The molecule has 0 aromatic heterocycles. The maximum absolute atomic E-state index is 12.5. The summed E-state index contributed by atoms with van der Waals surface area (Å²) in [5, 5.41) is 20.5. The zero-order valence-corrected chi connectivity index (χ0v) is 16.3. The van der Waals surface area contributed by atoms with Crippen LogP contribution in [0.2, 0.25) is 0 Å². The zero-order valence-electron chi connectivity index (χ0n) is 14.6. The number of carbonyl (C=O) groups is 3. The van der Waals surface area contributed by atoms with Gasteiger partial charge in [0.1, 0.15) is 22.9 Å². The van der Waals surface area contributed by atoms with E-state index < -0.39 is 23.3 Å². The summed E-state index contributed by atoms with van der Waals surface area (Å²) < 4.78 is 0. The van der Waals surface area contributed by atoms with Gasteiger partial charge in [0.2, 0.25) is 5.91 Å². The molecule has 1 aromatic carbocycles. The Balaban J connectivity index is 1.69. The minimum absolute atomic E-state index is 0.0829. The molecule has 3 rings (SSSR count). The van der Waals surface area contributed by atoms with Crippen molar-refractivity contribution in [1.82, 2.24) is 10.2 Å². The average molecular weight is 419 g/mol. The number of nitrogens with one attached hydrogen (secondary N) is 2. The van der Waals surface area contributed by atoms with Crippen molar-refractivity contribution in [3.05, 3.63) is 58.0 Å². The molecule has 2 heterocycles. The molecule has 10 heteroatoms. The van der Waals surface area contributed by atoms with Crippen LogP contribution in [0.3, 0.4) is 0 Å². The maximum Gasteiger partial charge on any atom is 0.353 e. The van der Waals surface area contributed by atoms with E-state index in [1.807, 2.05) is 30.3 Å². The van der Waals surface area contributed by atoms with Crippen LogP contribution in [0, 0.1) is 5.41 Å². The van der Waals surface area contributed by atoms with E-state index in [0.29, 0.717) is 10.7 Å². The highest BCUT2D eigenvalue weighted by Crippen LogP contribution is 2.43. The van der Waals surface area contributed by atoms with Crippen molar-refractivity contribution in [3.63, 3.8) is 0 Å². The number of hydrogen-bond acceptors (Lipinski definition) is 6. The fourth-order valence-electron chi connectivity index (χ4n) is 2.88. The maximum atomic E-state index is 12.5. The number of benzene rings is 1. The zero-order chi connectivity index (χ0) is 20.3. The first-order valence-electron chi connectivity index (χ1n) is 8.30. The van der Waals surface area contributed by atoms with Gasteiger partial charge >= 0.3 is 5.97 Å². The number of amidine groups is 1. The minimum atomic E-state index is -1.20. The number of carboxylic acid groups (broad SMARTS) is 1. The molecule has 146 valence electrons. The van der Waals surface area contributed by atoms with Gasteiger partial charge in [-0.1, -0.05) is 42.1 Å². The van der Waals surface area contributed by atoms with Crippen LogP contribution in [0.25, 0.3) is 0 Å². The van der Waals surface area contributed by atoms with Crippen LogP contribution in [-0.2, 0) is 20.8 Å². The number of carbonyl (C=O) groups excluding carboxylic acids is 2. The summed E-state index contributed by atoms with van der Waals surface area (Å²) in [6.07, 6.45) is 1.50. The van der Waals surface area contributed by atoms with Gasteiger partial charge in [0.25, 0.3) is 5.91 Å². The van der Waals surface area contributed by atoms with Gasteiger partial charge in [-0.15, -0.1) is 11.8 Å². The summed E-state index contributed by atoms with van der Waals surface area (Å²) >= 11 is 2.51. The molecule has 1 fully saturated rings. The summed E-state index contributed by atoms with van der Waals surface area (Å²) in [5.74, 6) is -1.69. The third-order valence-electron chi connectivity index (χ3n) is 4.12. The number of aliphatic carboxylic acids is 1. The van der Waals surface area contributed by atoms with Crippen molar-refractivity contribution in [3.8, 4) is 0 Å². The molecule has 5 N–H and O–H groups in total. The number of hydrogen-bond donors (Lipinski definition) is 4. The Hall–Kier alpha value is -2.72. The second-order valence-corrected chi connectivity index (χ2v) is 8.18. The molecule has 2 aliphatic rings. The van der Waals surface area contributed by atoms with E-state index in [4.69, 9.17) is 11.1 Å². The quantitative estimate of drug-likeness (QED) is 0.296. The number of nitrogens with two attached hydrogens (primary N) is 1. The number of carboxylic acids is 1. The number of fused-ring (bicyclic) bond motifs is 1. The highest BCUT2D eigenvalue weighted by molar-refractivity contribution is 8.08. The summed E-state index contributed by atoms with van der Waals surface area (Å²) in [4.78, 5) is 38.2. The van der Waals surface area contributed by atoms with Gasteiger partial charge in [-0.2, -0.15) is 0 Å². The van der Waals surface area contributed by atoms with Gasteiger partial charge < -0.3 is 16.2 Å². The van der Waals surface area contributed by atoms with E-state index in [2.05, 4.69) is 5.32 Å². The molecule has 0 bridgehead atoms. The molecule has 1 aromatic rings. The minimum Gasteiger partial charge on any atom is -0.477 e. The van der Waals surface area contributed by atoms with Crippen molar-refractivity contribution in [2.75, 3.05) is 5.75 Å². The summed E-state index contributed by atoms with van der Waals surface area (Å²) in [6, 6.07) is 8.43. The van der Waals surface area contributed by atoms with Crippen LogP contribution in [0.1, 0.15) is 5.56 Å². The third-order valence-corrected chi connectivity index (χ3v) is 6.47. The number of rotatable bonds is 7. The first-order valence-corrected chi connectivity index (χ1v) is 10.2. The van der Waals surface area contributed by atoms with Crippen molar-refractivity contribution < 1.29 is 19.5 Å². The smallest absolute Gasteiger partial charge is 0.353 e. The molecule has 1 saturated heterocycles. The van der Waals surface area contributed by atoms with Crippen LogP contribution < -0.4 is 11.1 Å². The van der Waals surface area contributed by atoms with Gasteiger partial charge in [0.05, 0.1) is 6.42 Å². The van der Waals surface area contributed by atoms with E-state index in [0.717, 1.165) is 17.3 Å². The molecule has 0 saturated carbocycles. The average Bonchev–Trinajstić information content (AvgIpc) is 2.66. The van der Waals surface area contributed by atoms with E-state index in [1.54, 1.807) is 0 Å². The summed E-state index contributed by atoms with van der Waals surface area (Å²) in [6.45, 7) is 0. The van der Waals surface area contributed by atoms with Gasteiger partial charge in [0, 0.05) is 10.7 Å². The standard InChI is InChI=1S/C18H18N4O4S2/c19-12(20)6-7-27-11-9-28-17-14(16(24)22(17)15(11)18(25)26)21-13(23)8-10-4-2-1-3-5-10/h1-7,14,17H,8-9H2,(H3,19,20)(H,21,23)(H,25,26)/b7-6+/t14?,17-/m1/s1. The molecule has 2 atom stereocenters. The first-order chi connectivity index (χ1) is 13.4. The number of thioether (sulfide) groups is 2. The van der Waals surface area contributed by atoms with Crippen LogP contribution in [0.15, 0.2) is 52.4 Å². The van der Waals surface area contributed by atoms with Gasteiger partial charge in [0.15, 0.2) is 0 Å². The molecule has 0 aliphatic carbocycles. The Morgan fingerprint density at radius 2 is 2.11 bits per heavy atom. The Labute approximate surface area is 169 Å². The number of nitrogens with zero attached hydrogens (tertiary/aromatic N) is 1. The molecule has 0 radical (unpaired) electrons. The largest absolute Gasteiger partial charge is 0.477 e. The Morgan fingerprint density at radius 1 is 1.39 bits per heavy atom. The summed E-state index contributed by atoms with van der Waals surface area (Å²) in [7, 11) is 0. The highest BCUT2D eigenvalue weighted by Gasteiger charge is 2.54. The van der Waals surface area contributed by atoms with Crippen LogP contribution in [0.5, 0.6) is 0 Å². The lowest BCUT2D eigenvalue weighted by atomic mass is 10.0. The van der Waals surface area contributed by atoms with Crippen LogP contribution in [0.4, 0.5) is 0 Å². The Bertz CT molecular complexity index is 885. The molecule has 8 nitrogen and oxygen atoms in total. The van der Waals surface area contributed by atoms with E-state index in [1.165, 1.54) is 28.1 Å². The topological polar surface area (TPSA) is 137 Å².